The van der Waals surface area contributed by atoms with Crippen molar-refractivity contribution in [3.05, 3.63) is 59.7 Å². The number of anilines is 1. The largest absolute Gasteiger partial charge is 0.497 e. The molecule has 1 unspecified atom stereocenters. The van der Waals surface area contributed by atoms with Crippen LogP contribution in [-0.4, -0.2) is 37.6 Å². The molecule has 2 heterocycles. The number of amides is 1. The monoisotopic (exact) mass is 392 g/mol. The average Bonchev–Trinajstić information content (AvgIpc) is 3.05. The molecule has 0 spiro atoms. The summed E-state index contributed by atoms with van der Waals surface area (Å²) in [4.78, 5) is 18.0. The Hall–Kier alpha value is -2.49. The smallest absolute Gasteiger partial charge is 0.254 e. The summed E-state index contributed by atoms with van der Waals surface area (Å²) in [6, 6.07) is 16.6. The number of likely N-dealkylation sites (tertiary alicyclic amines) is 1. The molecule has 0 aromatic heterocycles. The van der Waals surface area contributed by atoms with Crippen molar-refractivity contribution in [2.75, 3.05) is 31.6 Å². The van der Waals surface area contributed by atoms with Crippen LogP contribution in [0.15, 0.2) is 48.5 Å². The molecule has 4 rings (SSSR count). The lowest BCUT2D eigenvalue weighted by molar-refractivity contribution is 0.0681. The van der Waals surface area contributed by atoms with Crippen molar-refractivity contribution in [1.29, 1.82) is 0 Å². The van der Waals surface area contributed by atoms with E-state index >= 15 is 0 Å². The number of hydrogen-bond acceptors (Lipinski definition) is 3. The van der Waals surface area contributed by atoms with Gasteiger partial charge in [0, 0.05) is 30.9 Å². The molecule has 0 saturated carbocycles. The molecule has 2 saturated heterocycles. The zero-order valence-corrected chi connectivity index (χ0v) is 17.5. The minimum Gasteiger partial charge on any atom is -0.497 e. The first-order valence-electron chi connectivity index (χ1n) is 11.1. The number of rotatable bonds is 4. The molecule has 29 heavy (non-hydrogen) atoms. The van der Waals surface area contributed by atoms with Crippen molar-refractivity contribution >= 4 is 11.6 Å². The van der Waals surface area contributed by atoms with Crippen molar-refractivity contribution in [2.45, 2.75) is 51.0 Å². The van der Waals surface area contributed by atoms with Gasteiger partial charge in [0.2, 0.25) is 0 Å². The molecule has 2 fully saturated rings. The number of methoxy groups -OCH3 is 1. The van der Waals surface area contributed by atoms with Gasteiger partial charge in [0.15, 0.2) is 0 Å². The van der Waals surface area contributed by atoms with Crippen molar-refractivity contribution in [2.24, 2.45) is 0 Å². The minimum atomic E-state index is 0.137. The maximum absolute atomic E-state index is 13.4. The summed E-state index contributed by atoms with van der Waals surface area (Å²) in [7, 11) is 1.68. The van der Waals surface area contributed by atoms with E-state index in [1.165, 1.54) is 36.9 Å². The van der Waals surface area contributed by atoms with Crippen LogP contribution >= 0.6 is 0 Å². The molecule has 154 valence electrons. The lowest BCUT2D eigenvalue weighted by Crippen LogP contribution is -2.35. The molecule has 2 aliphatic rings. The van der Waals surface area contributed by atoms with E-state index < -0.39 is 0 Å². The van der Waals surface area contributed by atoms with E-state index in [2.05, 4.69) is 34.1 Å². The van der Waals surface area contributed by atoms with Gasteiger partial charge in [0.05, 0.1) is 13.2 Å². The predicted molar refractivity (Wildman–Crippen MR) is 118 cm³/mol. The fraction of sp³-hybridized carbons (Fsp3) is 0.480. The number of hydrogen-bond donors (Lipinski definition) is 0. The minimum absolute atomic E-state index is 0.137. The zero-order chi connectivity index (χ0) is 20.1. The Balaban J connectivity index is 1.53. The average molecular weight is 393 g/mol. The van der Waals surface area contributed by atoms with Gasteiger partial charge in [-0.05, 0) is 74.1 Å². The molecule has 1 amide bonds. The highest BCUT2D eigenvalue weighted by atomic mass is 16.5. The van der Waals surface area contributed by atoms with E-state index in [1.54, 1.807) is 7.11 Å². The summed E-state index contributed by atoms with van der Waals surface area (Å²) in [5.41, 5.74) is 3.24. The molecule has 4 heteroatoms. The molecule has 0 radical (unpaired) electrons. The molecule has 1 atom stereocenters. The van der Waals surface area contributed by atoms with Crippen molar-refractivity contribution in [3.63, 3.8) is 0 Å². The van der Waals surface area contributed by atoms with Gasteiger partial charge in [0.25, 0.3) is 5.91 Å². The first-order chi connectivity index (χ1) is 14.3. The first kappa shape index (κ1) is 19.8. The van der Waals surface area contributed by atoms with Crippen molar-refractivity contribution < 1.29 is 9.53 Å². The lowest BCUT2D eigenvalue weighted by atomic mass is 9.99. The molecule has 2 aliphatic heterocycles. The quantitative estimate of drug-likeness (QED) is 0.694. The van der Waals surface area contributed by atoms with E-state index in [0.29, 0.717) is 0 Å². The van der Waals surface area contributed by atoms with E-state index in [4.69, 9.17) is 4.74 Å². The Kier molecular flexibility index (Phi) is 6.38. The van der Waals surface area contributed by atoms with Gasteiger partial charge in [-0.2, -0.15) is 0 Å². The van der Waals surface area contributed by atoms with Gasteiger partial charge in [-0.3, -0.25) is 4.79 Å². The second-order valence-corrected chi connectivity index (χ2v) is 8.23. The summed E-state index contributed by atoms with van der Waals surface area (Å²) in [6.07, 6.45) is 8.29. The van der Waals surface area contributed by atoms with Crippen LogP contribution in [0.5, 0.6) is 5.75 Å². The van der Waals surface area contributed by atoms with Gasteiger partial charge < -0.3 is 14.5 Å². The van der Waals surface area contributed by atoms with Crippen LogP contribution in [0.3, 0.4) is 0 Å². The van der Waals surface area contributed by atoms with Gasteiger partial charge >= 0.3 is 0 Å². The fourth-order valence-corrected chi connectivity index (χ4v) is 4.66. The molecule has 2 aromatic carbocycles. The number of carbonyl (C=O) groups excluding carboxylic acids is 1. The van der Waals surface area contributed by atoms with Gasteiger partial charge in [-0.1, -0.05) is 25.0 Å². The Morgan fingerprint density at radius 3 is 2.17 bits per heavy atom. The van der Waals surface area contributed by atoms with E-state index in [-0.39, 0.29) is 11.9 Å². The van der Waals surface area contributed by atoms with Crippen molar-refractivity contribution in [3.8, 4) is 5.75 Å². The molecular weight excluding hydrogens is 360 g/mol. The summed E-state index contributed by atoms with van der Waals surface area (Å²) >= 11 is 0. The molecule has 2 aromatic rings. The third-order valence-corrected chi connectivity index (χ3v) is 6.35. The van der Waals surface area contributed by atoms with Crippen LogP contribution in [0.25, 0.3) is 0 Å². The fourth-order valence-electron chi connectivity index (χ4n) is 4.66. The van der Waals surface area contributed by atoms with Crippen LogP contribution in [0.4, 0.5) is 5.69 Å². The van der Waals surface area contributed by atoms with Gasteiger partial charge in [-0.25, -0.2) is 0 Å². The van der Waals surface area contributed by atoms with E-state index in [1.807, 2.05) is 24.3 Å². The summed E-state index contributed by atoms with van der Waals surface area (Å²) < 4.78 is 5.30. The number of benzene rings is 2. The highest BCUT2D eigenvalue weighted by Gasteiger charge is 2.27. The Bertz CT molecular complexity index is 795. The first-order valence-corrected chi connectivity index (χ1v) is 11.1. The summed E-state index contributed by atoms with van der Waals surface area (Å²) in [5, 5.41) is 0. The van der Waals surface area contributed by atoms with Crippen LogP contribution in [0, 0.1) is 0 Å². The number of carbonyl (C=O) groups is 1. The second kappa shape index (κ2) is 9.34. The number of ether oxygens (including phenoxy) is 1. The molecule has 0 bridgehead atoms. The molecule has 0 aliphatic carbocycles. The Morgan fingerprint density at radius 1 is 0.828 bits per heavy atom. The molecule has 0 N–H and O–H groups in total. The van der Waals surface area contributed by atoms with Crippen LogP contribution in [-0.2, 0) is 0 Å². The lowest BCUT2D eigenvalue weighted by Gasteiger charge is -2.31. The highest BCUT2D eigenvalue weighted by Crippen LogP contribution is 2.32. The second-order valence-electron chi connectivity index (χ2n) is 8.23. The van der Waals surface area contributed by atoms with Gasteiger partial charge in [-0.15, -0.1) is 0 Å². The highest BCUT2D eigenvalue weighted by molar-refractivity contribution is 5.95. The molecule has 4 nitrogen and oxygen atoms in total. The van der Waals surface area contributed by atoms with Crippen molar-refractivity contribution in [1.82, 2.24) is 4.90 Å². The predicted octanol–water partition coefficient (Wildman–Crippen LogP) is 5.44. The van der Waals surface area contributed by atoms with E-state index in [0.717, 1.165) is 50.2 Å². The Labute approximate surface area is 174 Å². The zero-order valence-electron chi connectivity index (χ0n) is 17.5. The topological polar surface area (TPSA) is 32.8 Å². The Morgan fingerprint density at radius 2 is 1.48 bits per heavy atom. The number of piperidine rings is 1. The van der Waals surface area contributed by atoms with Gasteiger partial charge in [0.1, 0.15) is 5.75 Å². The SMILES string of the molecule is COc1ccc(C2CCCCCN2C(=O)c2ccc(N3CCCCC3)cc2)cc1. The third kappa shape index (κ3) is 4.58. The van der Waals surface area contributed by atoms with Crippen LogP contribution < -0.4 is 9.64 Å². The summed E-state index contributed by atoms with van der Waals surface area (Å²) in [5.74, 6) is 1.01. The summed E-state index contributed by atoms with van der Waals surface area (Å²) in [6.45, 7) is 3.07. The van der Waals surface area contributed by atoms with Crippen LogP contribution in [0.2, 0.25) is 0 Å². The maximum atomic E-state index is 13.4. The standard InChI is InChI=1S/C25H32N2O2/c1-29-23-15-11-20(12-16-23)24-8-4-2-7-19-27(24)25(28)21-9-13-22(14-10-21)26-17-5-3-6-18-26/h9-16,24H,2-8,17-19H2,1H3. The normalized spacial score (nSPS) is 20.2. The van der Waals surface area contributed by atoms with Crippen LogP contribution in [0.1, 0.15) is 66.9 Å². The number of nitrogens with zero attached hydrogens (tertiary/aromatic N) is 2. The third-order valence-electron chi connectivity index (χ3n) is 6.35. The maximum Gasteiger partial charge on any atom is 0.254 e. The molecular formula is C25H32N2O2. The van der Waals surface area contributed by atoms with E-state index in [9.17, 15) is 4.79 Å².